The predicted octanol–water partition coefficient (Wildman–Crippen LogP) is 7.43. The average molecular weight is 490 g/mol. The van der Waals surface area contributed by atoms with Crippen molar-refractivity contribution in [3.05, 3.63) is 86.3 Å². The van der Waals surface area contributed by atoms with Crippen LogP contribution in [0.25, 0.3) is 22.2 Å². The lowest BCUT2D eigenvalue weighted by atomic mass is 10.1. The number of ether oxygens (including phenoxy) is 1. The van der Waals surface area contributed by atoms with Gasteiger partial charge in [0.2, 0.25) is 6.23 Å². The van der Waals surface area contributed by atoms with Gasteiger partial charge >= 0.3 is 0 Å². The molecule has 2 nitrogen and oxygen atoms in total. The van der Waals surface area contributed by atoms with E-state index >= 15 is 0 Å². The first-order valence-corrected chi connectivity index (χ1v) is 10.1. The van der Waals surface area contributed by atoms with Gasteiger partial charge in [-0.25, -0.2) is 0 Å². The highest BCUT2D eigenvalue weighted by Gasteiger charge is 2.29. The molecule has 0 saturated carbocycles. The molecule has 1 aromatic heterocycles. The number of nitrogens with zero attached hydrogens (tertiary/aromatic N) is 1. The number of fused-ring (bicyclic) bond motifs is 5. The van der Waals surface area contributed by atoms with Crippen molar-refractivity contribution in [1.29, 1.82) is 0 Å². The fraction of sp³-hybridized carbons (Fsp3) is 0.0476. The van der Waals surface area contributed by atoms with Crippen molar-refractivity contribution in [2.45, 2.75) is 6.23 Å². The van der Waals surface area contributed by atoms with E-state index in [-0.39, 0.29) is 6.23 Å². The Morgan fingerprint density at radius 3 is 2.54 bits per heavy atom. The van der Waals surface area contributed by atoms with Gasteiger partial charge in [-0.1, -0.05) is 55.6 Å². The molecule has 0 N–H and O–H groups in total. The van der Waals surface area contributed by atoms with Gasteiger partial charge in [-0.05, 0) is 54.6 Å². The van der Waals surface area contributed by atoms with Gasteiger partial charge in [-0.15, -0.1) is 0 Å². The van der Waals surface area contributed by atoms with Crippen LogP contribution in [-0.4, -0.2) is 4.57 Å². The monoisotopic (exact) mass is 487 g/mol. The first-order valence-electron chi connectivity index (χ1n) is 8.13. The van der Waals surface area contributed by atoms with Crippen molar-refractivity contribution in [2.24, 2.45) is 0 Å². The van der Waals surface area contributed by atoms with Crippen LogP contribution in [0.4, 0.5) is 0 Å². The molecule has 4 aromatic rings. The molecule has 128 valence electrons. The van der Waals surface area contributed by atoms with Crippen molar-refractivity contribution in [3.63, 3.8) is 0 Å². The quantitative estimate of drug-likeness (QED) is 0.271. The summed E-state index contributed by atoms with van der Waals surface area (Å²) in [6.45, 7) is 0. The summed E-state index contributed by atoms with van der Waals surface area (Å²) < 4.78 is 10.7. The second kappa shape index (κ2) is 6.15. The Balaban J connectivity index is 1.83. The van der Waals surface area contributed by atoms with Crippen LogP contribution in [0, 0.1) is 0 Å². The van der Waals surface area contributed by atoms with E-state index in [0.717, 1.165) is 37.0 Å². The Morgan fingerprint density at radius 2 is 1.69 bits per heavy atom. The fourth-order valence-corrected chi connectivity index (χ4v) is 4.44. The van der Waals surface area contributed by atoms with Crippen LogP contribution >= 0.6 is 43.5 Å². The third-order valence-corrected chi connectivity index (χ3v) is 5.85. The summed E-state index contributed by atoms with van der Waals surface area (Å²) in [5.41, 5.74) is 4.36. The highest BCUT2D eigenvalue weighted by atomic mass is 79.9. The molecule has 0 radical (unpaired) electrons. The van der Waals surface area contributed by atoms with Gasteiger partial charge in [0, 0.05) is 30.5 Å². The Kier molecular flexibility index (Phi) is 3.89. The van der Waals surface area contributed by atoms with Gasteiger partial charge in [0.1, 0.15) is 5.75 Å². The number of hydrogen-bond donors (Lipinski definition) is 0. The van der Waals surface area contributed by atoms with Gasteiger partial charge < -0.3 is 9.30 Å². The lowest BCUT2D eigenvalue weighted by Gasteiger charge is -2.30. The second-order valence-electron chi connectivity index (χ2n) is 6.27. The zero-order chi connectivity index (χ0) is 17.8. The van der Waals surface area contributed by atoms with E-state index in [9.17, 15) is 0 Å². The molecular weight excluding hydrogens is 477 g/mol. The zero-order valence-electron chi connectivity index (χ0n) is 13.4. The van der Waals surface area contributed by atoms with Crippen LogP contribution in [0.3, 0.4) is 0 Å². The topological polar surface area (TPSA) is 14.2 Å². The van der Waals surface area contributed by atoms with Gasteiger partial charge in [-0.2, -0.15) is 0 Å². The third-order valence-electron chi connectivity index (χ3n) is 4.63. The lowest BCUT2D eigenvalue weighted by Crippen LogP contribution is -2.22. The Morgan fingerprint density at radius 1 is 0.885 bits per heavy atom. The maximum Gasteiger partial charge on any atom is 0.203 e. The summed E-state index contributed by atoms with van der Waals surface area (Å²) >= 11 is 13.4. The van der Waals surface area contributed by atoms with E-state index in [1.54, 1.807) is 0 Å². The van der Waals surface area contributed by atoms with Crippen LogP contribution in [0.1, 0.15) is 11.8 Å². The number of rotatable bonds is 1. The van der Waals surface area contributed by atoms with Crippen molar-refractivity contribution < 1.29 is 4.74 Å². The Labute approximate surface area is 172 Å². The number of aromatic nitrogens is 1. The van der Waals surface area contributed by atoms with Crippen LogP contribution in [0.2, 0.25) is 5.02 Å². The minimum absolute atomic E-state index is 0.274. The van der Waals surface area contributed by atoms with Crippen LogP contribution in [0.15, 0.2) is 75.7 Å². The summed E-state index contributed by atoms with van der Waals surface area (Å²) in [7, 11) is 0. The van der Waals surface area contributed by atoms with Crippen molar-refractivity contribution in [2.75, 3.05) is 0 Å². The molecule has 0 saturated heterocycles. The van der Waals surface area contributed by atoms with Gasteiger partial charge in [0.05, 0.1) is 11.2 Å². The molecule has 0 amide bonds. The smallest absolute Gasteiger partial charge is 0.203 e. The van der Waals surface area contributed by atoms with Crippen molar-refractivity contribution in [1.82, 2.24) is 4.57 Å². The van der Waals surface area contributed by atoms with Gasteiger partial charge in [0.15, 0.2) is 0 Å². The summed E-state index contributed by atoms with van der Waals surface area (Å²) in [5.74, 6) is 0.860. The lowest BCUT2D eigenvalue weighted by molar-refractivity contribution is 0.173. The molecule has 2 heterocycles. The predicted molar refractivity (Wildman–Crippen MR) is 113 cm³/mol. The van der Waals surface area contributed by atoms with E-state index < -0.39 is 0 Å². The molecule has 0 bridgehead atoms. The number of hydrogen-bond acceptors (Lipinski definition) is 1. The molecule has 26 heavy (non-hydrogen) atoms. The molecule has 1 atom stereocenters. The molecule has 1 unspecified atom stereocenters. The Bertz CT molecular complexity index is 1170. The molecule has 1 aliphatic rings. The normalized spacial score (nSPS) is 15.4. The van der Waals surface area contributed by atoms with Gasteiger partial charge in [0.25, 0.3) is 0 Å². The minimum Gasteiger partial charge on any atom is -0.465 e. The molecule has 3 aromatic carbocycles. The standard InChI is InChI=1S/C21H12Br2ClNO/c22-14-5-7-18-13(8-14)10-19-17-6-4-15(23)11-20(17)26-21(25(18)19)12-2-1-3-16(24)9-12/h1-11,21H. The molecule has 1 aliphatic heterocycles. The average Bonchev–Trinajstić information content (AvgIpc) is 2.99. The second-order valence-corrected chi connectivity index (χ2v) is 8.54. The first kappa shape index (κ1) is 16.4. The molecule has 0 fully saturated rings. The van der Waals surface area contributed by atoms with Crippen molar-refractivity contribution in [3.8, 4) is 17.0 Å². The largest absolute Gasteiger partial charge is 0.465 e. The van der Waals surface area contributed by atoms with Crippen molar-refractivity contribution >= 4 is 54.4 Å². The molecule has 5 rings (SSSR count). The van der Waals surface area contributed by atoms with E-state index in [0.29, 0.717) is 5.02 Å². The van der Waals surface area contributed by atoms with Crippen LogP contribution in [-0.2, 0) is 0 Å². The van der Waals surface area contributed by atoms with Crippen LogP contribution < -0.4 is 4.74 Å². The molecule has 5 heteroatoms. The maximum absolute atomic E-state index is 6.44. The fourth-order valence-electron chi connectivity index (χ4n) is 3.52. The van der Waals surface area contributed by atoms with E-state index in [4.69, 9.17) is 16.3 Å². The Hall–Kier alpha value is -1.75. The summed E-state index contributed by atoms with van der Waals surface area (Å²) in [6.07, 6.45) is -0.274. The zero-order valence-corrected chi connectivity index (χ0v) is 17.3. The minimum atomic E-state index is -0.274. The molecule has 0 spiro atoms. The third kappa shape index (κ3) is 2.59. The first-order chi connectivity index (χ1) is 12.6. The molecular formula is C21H12Br2ClNO. The number of benzene rings is 3. The van der Waals surface area contributed by atoms with E-state index in [1.807, 2.05) is 36.4 Å². The highest BCUT2D eigenvalue weighted by molar-refractivity contribution is 9.10. The summed E-state index contributed by atoms with van der Waals surface area (Å²) in [5, 5.41) is 1.87. The van der Waals surface area contributed by atoms with E-state index in [2.05, 4.69) is 66.8 Å². The summed E-state index contributed by atoms with van der Waals surface area (Å²) in [6, 6.07) is 22.5. The number of halogens is 3. The van der Waals surface area contributed by atoms with Crippen LogP contribution in [0.5, 0.6) is 5.75 Å². The SMILES string of the molecule is Clc1cccc(C2Oc3cc(Br)ccc3-c3cc4cc(Br)ccc4n32)c1. The van der Waals surface area contributed by atoms with E-state index in [1.165, 1.54) is 5.39 Å². The summed E-state index contributed by atoms with van der Waals surface area (Å²) in [4.78, 5) is 0. The molecule has 0 aliphatic carbocycles. The highest BCUT2D eigenvalue weighted by Crippen LogP contribution is 2.45. The maximum atomic E-state index is 6.44. The van der Waals surface area contributed by atoms with Gasteiger partial charge in [-0.3, -0.25) is 0 Å².